The van der Waals surface area contributed by atoms with Crippen molar-refractivity contribution in [3.05, 3.63) is 58.9 Å². The third-order valence-corrected chi connectivity index (χ3v) is 3.37. The Morgan fingerprint density at radius 1 is 1.32 bits per heavy atom. The van der Waals surface area contributed by atoms with E-state index in [0.717, 1.165) is 0 Å². The van der Waals surface area contributed by atoms with Crippen LogP contribution in [-0.4, -0.2) is 21.9 Å². The molecule has 112 valence electrons. The van der Waals surface area contributed by atoms with Gasteiger partial charge in [-0.25, -0.2) is 0 Å². The van der Waals surface area contributed by atoms with Crippen LogP contribution in [0, 0.1) is 16.0 Å². The maximum absolute atomic E-state index is 12.0. The summed E-state index contributed by atoms with van der Waals surface area (Å²) in [5.41, 5.74) is 0.394. The van der Waals surface area contributed by atoms with Gasteiger partial charge in [-0.15, -0.1) is 0 Å². The van der Waals surface area contributed by atoms with Gasteiger partial charge in [0.1, 0.15) is 17.4 Å². The largest absolute Gasteiger partial charge is 0.455 e. The number of ether oxygens (including phenoxy) is 1. The molecule has 1 heterocycles. The molecule has 0 spiro atoms. The Labute approximate surface area is 126 Å². The number of nitrogens with zero attached hydrogens (tertiary/aromatic N) is 2. The maximum atomic E-state index is 12.0. The number of hydrogen-bond acceptors (Lipinski definition) is 5. The molecule has 7 nitrogen and oxygen atoms in total. The van der Waals surface area contributed by atoms with E-state index in [-0.39, 0.29) is 12.3 Å². The Hall–Kier alpha value is -2.96. The zero-order valence-corrected chi connectivity index (χ0v) is 11.5. The predicted octanol–water partition coefficient (Wildman–Crippen LogP) is 2.48. The van der Waals surface area contributed by atoms with Gasteiger partial charge in [-0.05, 0) is 12.1 Å². The highest BCUT2D eigenvalue weighted by molar-refractivity contribution is 5.95. The number of carbonyl (C=O) groups is 1. The van der Waals surface area contributed by atoms with Gasteiger partial charge in [0.2, 0.25) is 11.9 Å². The number of hydrogen-bond donors (Lipinski definition) is 1. The average molecular weight is 299 g/mol. The number of rotatable bonds is 5. The van der Waals surface area contributed by atoms with Crippen molar-refractivity contribution in [2.24, 2.45) is 5.92 Å². The molecule has 1 aromatic heterocycles. The minimum Gasteiger partial charge on any atom is -0.455 e. The summed E-state index contributed by atoms with van der Waals surface area (Å²) in [5.74, 6) is 0.0963. The van der Waals surface area contributed by atoms with Crippen LogP contribution in [0.4, 0.5) is 5.69 Å². The van der Waals surface area contributed by atoms with Gasteiger partial charge in [0.25, 0.3) is 0 Å². The topological polar surface area (TPSA) is 94.4 Å². The number of anilines is 1. The number of carbonyl (C=O) groups excluding carboxylic acids is 1. The Balaban J connectivity index is 1.72. The average Bonchev–Trinajstić information content (AvgIpc) is 3.31. The molecule has 7 heteroatoms. The maximum Gasteiger partial charge on any atom is 0.234 e. The number of pyridine rings is 1. The zero-order chi connectivity index (χ0) is 15.5. The van der Waals surface area contributed by atoms with Gasteiger partial charge in [0, 0.05) is 23.6 Å². The molecule has 0 aliphatic heterocycles. The second kappa shape index (κ2) is 5.80. The molecule has 3 rings (SSSR count). The highest BCUT2D eigenvalue weighted by Crippen LogP contribution is 2.35. The van der Waals surface area contributed by atoms with Gasteiger partial charge in [0.15, 0.2) is 5.75 Å². The van der Waals surface area contributed by atoms with Crippen LogP contribution in [0.5, 0.6) is 11.5 Å². The standard InChI is InChI=1S/C15H13N3O4/c19-15(11-8-13(11)18(20)21)17-12-9-16-7-6-14(12)22-10-4-2-1-3-5-10/h1-7,9,11,13H,8H2,(H,17,19). The summed E-state index contributed by atoms with van der Waals surface area (Å²) in [4.78, 5) is 26.1. The lowest BCUT2D eigenvalue weighted by Crippen LogP contribution is -2.18. The van der Waals surface area contributed by atoms with Crippen molar-refractivity contribution >= 4 is 11.6 Å². The van der Waals surface area contributed by atoms with Crippen LogP contribution in [0.1, 0.15) is 6.42 Å². The first-order chi connectivity index (χ1) is 10.6. The fourth-order valence-electron chi connectivity index (χ4n) is 2.10. The van der Waals surface area contributed by atoms with Gasteiger partial charge >= 0.3 is 0 Å². The third kappa shape index (κ3) is 3.03. The van der Waals surface area contributed by atoms with Crippen molar-refractivity contribution in [2.75, 3.05) is 5.32 Å². The van der Waals surface area contributed by atoms with E-state index in [0.29, 0.717) is 17.2 Å². The van der Waals surface area contributed by atoms with Gasteiger partial charge in [-0.1, -0.05) is 18.2 Å². The molecule has 2 unspecified atom stereocenters. The van der Waals surface area contributed by atoms with Crippen LogP contribution in [0.15, 0.2) is 48.8 Å². The first kappa shape index (κ1) is 14.0. The quantitative estimate of drug-likeness (QED) is 0.676. The fourth-order valence-corrected chi connectivity index (χ4v) is 2.10. The van der Waals surface area contributed by atoms with Crippen LogP contribution in [0.2, 0.25) is 0 Å². The van der Waals surface area contributed by atoms with E-state index in [4.69, 9.17) is 4.74 Å². The summed E-state index contributed by atoms with van der Waals surface area (Å²) in [6.45, 7) is 0. The molecule has 2 atom stereocenters. The minimum absolute atomic E-state index is 0.272. The molecule has 1 aliphatic carbocycles. The minimum atomic E-state index is -0.782. The van der Waals surface area contributed by atoms with E-state index in [9.17, 15) is 14.9 Å². The van der Waals surface area contributed by atoms with Gasteiger partial charge in [-0.2, -0.15) is 0 Å². The molecule has 0 radical (unpaired) electrons. The van der Waals surface area contributed by atoms with E-state index in [1.54, 1.807) is 24.4 Å². The van der Waals surface area contributed by atoms with Crippen molar-refractivity contribution in [1.82, 2.24) is 4.98 Å². The fraction of sp³-hybridized carbons (Fsp3) is 0.200. The normalized spacial score (nSPS) is 19.3. The third-order valence-electron chi connectivity index (χ3n) is 3.37. The van der Waals surface area contributed by atoms with Crippen LogP contribution in [-0.2, 0) is 4.79 Å². The Kier molecular flexibility index (Phi) is 3.69. The van der Waals surface area contributed by atoms with E-state index in [1.165, 1.54) is 6.20 Å². The van der Waals surface area contributed by atoms with Crippen molar-refractivity contribution in [2.45, 2.75) is 12.5 Å². The van der Waals surface area contributed by atoms with Crippen molar-refractivity contribution in [1.29, 1.82) is 0 Å². The molecule has 1 aromatic carbocycles. The van der Waals surface area contributed by atoms with Crippen molar-refractivity contribution < 1.29 is 14.5 Å². The van der Waals surface area contributed by atoms with E-state index < -0.39 is 16.9 Å². The molecule has 1 fully saturated rings. The Morgan fingerprint density at radius 2 is 2.09 bits per heavy atom. The van der Waals surface area contributed by atoms with Gasteiger partial charge < -0.3 is 10.1 Å². The molecule has 0 saturated heterocycles. The summed E-state index contributed by atoms with van der Waals surface area (Å²) in [5, 5.41) is 13.3. The number of amides is 1. The zero-order valence-electron chi connectivity index (χ0n) is 11.5. The Bertz CT molecular complexity index is 705. The molecule has 1 N–H and O–H groups in total. The van der Waals surface area contributed by atoms with E-state index in [2.05, 4.69) is 10.3 Å². The highest BCUT2D eigenvalue weighted by Gasteiger charge is 2.53. The van der Waals surface area contributed by atoms with E-state index >= 15 is 0 Å². The Morgan fingerprint density at radius 3 is 2.77 bits per heavy atom. The van der Waals surface area contributed by atoms with E-state index in [1.807, 2.05) is 18.2 Å². The molecule has 1 aliphatic rings. The summed E-state index contributed by atoms with van der Waals surface area (Å²) in [6, 6.07) is 9.95. The van der Waals surface area contributed by atoms with Crippen LogP contribution >= 0.6 is 0 Å². The van der Waals surface area contributed by atoms with Crippen LogP contribution in [0.25, 0.3) is 0 Å². The molecular formula is C15H13N3O4. The molecule has 0 bridgehead atoms. The van der Waals surface area contributed by atoms with Gasteiger partial charge in [-0.3, -0.25) is 19.9 Å². The first-order valence-electron chi connectivity index (χ1n) is 6.76. The monoisotopic (exact) mass is 299 g/mol. The van der Waals surface area contributed by atoms with Crippen LogP contribution in [0.3, 0.4) is 0 Å². The lowest BCUT2D eigenvalue weighted by Gasteiger charge is -2.11. The van der Waals surface area contributed by atoms with Gasteiger partial charge in [0.05, 0.1) is 6.20 Å². The summed E-state index contributed by atoms with van der Waals surface area (Å²) in [7, 11) is 0. The lowest BCUT2D eigenvalue weighted by atomic mass is 10.3. The molecular weight excluding hydrogens is 286 g/mol. The number of para-hydroxylation sites is 1. The molecule has 1 amide bonds. The summed E-state index contributed by atoms with van der Waals surface area (Å²) in [6.07, 6.45) is 3.28. The molecule has 22 heavy (non-hydrogen) atoms. The number of aromatic nitrogens is 1. The summed E-state index contributed by atoms with van der Waals surface area (Å²) >= 11 is 0. The van der Waals surface area contributed by atoms with Crippen molar-refractivity contribution in [3.8, 4) is 11.5 Å². The van der Waals surface area contributed by atoms with Crippen LogP contribution < -0.4 is 10.1 Å². The predicted molar refractivity (Wildman–Crippen MR) is 78.3 cm³/mol. The molecule has 1 saturated carbocycles. The smallest absolute Gasteiger partial charge is 0.234 e. The SMILES string of the molecule is O=C(Nc1cnccc1Oc1ccccc1)C1CC1[N+](=O)[O-]. The number of nitro groups is 1. The first-order valence-corrected chi connectivity index (χ1v) is 6.76. The number of nitrogens with one attached hydrogen (secondary N) is 1. The highest BCUT2D eigenvalue weighted by atomic mass is 16.6. The number of benzene rings is 1. The lowest BCUT2D eigenvalue weighted by molar-refractivity contribution is -0.497. The second-order valence-corrected chi connectivity index (χ2v) is 4.97. The summed E-state index contributed by atoms with van der Waals surface area (Å²) < 4.78 is 5.70. The molecule has 2 aromatic rings. The van der Waals surface area contributed by atoms with Crippen molar-refractivity contribution in [3.63, 3.8) is 0 Å². The second-order valence-electron chi connectivity index (χ2n) is 4.97.